The van der Waals surface area contributed by atoms with Gasteiger partial charge in [0.05, 0.1) is 18.5 Å². The van der Waals surface area contributed by atoms with Crippen molar-refractivity contribution in [1.82, 2.24) is 14.5 Å². The van der Waals surface area contributed by atoms with E-state index in [1.165, 1.54) is 32.0 Å². The molecule has 1 aliphatic heterocycles. The highest BCUT2D eigenvalue weighted by Gasteiger charge is 2.29. The van der Waals surface area contributed by atoms with Crippen molar-refractivity contribution in [3.63, 3.8) is 0 Å². The van der Waals surface area contributed by atoms with Gasteiger partial charge in [0.25, 0.3) is 0 Å². The van der Waals surface area contributed by atoms with Crippen molar-refractivity contribution >= 4 is 34.2 Å². The molecule has 170 valence electrons. The Kier molecular flexibility index (Phi) is 6.12. The SMILES string of the molecule is Cc1cc(Cn2c3c(c4cccnc42)CCN(C(=O)CCCC(C)(C)C(=O)O)C3)c(C)s1. The van der Waals surface area contributed by atoms with E-state index in [4.69, 9.17) is 0 Å². The zero-order valence-electron chi connectivity index (χ0n) is 19.3. The largest absolute Gasteiger partial charge is 0.481 e. The predicted octanol–water partition coefficient (Wildman–Crippen LogP) is 4.93. The molecular formula is C25H31N3O3S. The summed E-state index contributed by atoms with van der Waals surface area (Å²) in [7, 11) is 0. The number of fused-ring (bicyclic) bond motifs is 3. The van der Waals surface area contributed by atoms with E-state index < -0.39 is 11.4 Å². The molecule has 1 N–H and O–H groups in total. The molecule has 4 rings (SSSR count). The number of aliphatic carboxylic acids is 1. The van der Waals surface area contributed by atoms with Crippen LogP contribution in [0, 0.1) is 19.3 Å². The number of hydrogen-bond acceptors (Lipinski definition) is 4. The van der Waals surface area contributed by atoms with Crippen molar-refractivity contribution < 1.29 is 14.7 Å². The fourth-order valence-corrected chi connectivity index (χ4v) is 5.54. The summed E-state index contributed by atoms with van der Waals surface area (Å²) in [5, 5.41) is 10.5. The number of thiophene rings is 1. The number of hydrogen-bond donors (Lipinski definition) is 1. The Bertz CT molecular complexity index is 1170. The number of nitrogens with zero attached hydrogens (tertiary/aromatic N) is 3. The summed E-state index contributed by atoms with van der Waals surface area (Å²) in [5.74, 6) is -0.715. The van der Waals surface area contributed by atoms with Crippen LogP contribution >= 0.6 is 11.3 Å². The van der Waals surface area contributed by atoms with Crippen LogP contribution in [0.1, 0.15) is 59.7 Å². The lowest BCUT2D eigenvalue weighted by Crippen LogP contribution is -2.36. The lowest BCUT2D eigenvalue weighted by molar-refractivity contribution is -0.147. The summed E-state index contributed by atoms with van der Waals surface area (Å²) in [5.41, 5.74) is 3.96. The van der Waals surface area contributed by atoms with Crippen LogP contribution in [-0.4, -0.2) is 38.0 Å². The summed E-state index contributed by atoms with van der Waals surface area (Å²) in [6.07, 6.45) is 4.11. The van der Waals surface area contributed by atoms with Gasteiger partial charge in [-0.3, -0.25) is 9.59 Å². The summed E-state index contributed by atoms with van der Waals surface area (Å²) in [4.78, 5) is 33.5. The Morgan fingerprint density at radius 3 is 2.75 bits per heavy atom. The molecule has 0 unspecified atom stereocenters. The first-order chi connectivity index (χ1) is 15.2. The normalized spacial score (nSPS) is 14.1. The molecule has 32 heavy (non-hydrogen) atoms. The van der Waals surface area contributed by atoms with Crippen molar-refractivity contribution in [2.75, 3.05) is 6.54 Å². The van der Waals surface area contributed by atoms with E-state index in [-0.39, 0.29) is 5.91 Å². The van der Waals surface area contributed by atoms with E-state index in [2.05, 4.69) is 35.5 Å². The molecule has 3 aromatic heterocycles. The van der Waals surface area contributed by atoms with Gasteiger partial charge < -0.3 is 14.6 Å². The highest BCUT2D eigenvalue weighted by atomic mass is 32.1. The Labute approximate surface area is 192 Å². The average molecular weight is 454 g/mol. The first-order valence-electron chi connectivity index (χ1n) is 11.2. The lowest BCUT2D eigenvalue weighted by Gasteiger charge is -2.29. The third kappa shape index (κ3) is 4.31. The van der Waals surface area contributed by atoms with Crippen LogP contribution in [0.15, 0.2) is 24.4 Å². The topological polar surface area (TPSA) is 75.4 Å². The van der Waals surface area contributed by atoms with E-state index in [1.807, 2.05) is 28.5 Å². The summed E-state index contributed by atoms with van der Waals surface area (Å²) in [6, 6.07) is 6.36. The monoisotopic (exact) mass is 453 g/mol. The highest BCUT2D eigenvalue weighted by molar-refractivity contribution is 7.12. The zero-order valence-corrected chi connectivity index (χ0v) is 20.1. The van der Waals surface area contributed by atoms with Gasteiger partial charge in [0, 0.05) is 40.0 Å². The number of aromatic nitrogens is 2. The zero-order chi connectivity index (χ0) is 23.0. The molecule has 0 fully saturated rings. The first-order valence-corrected chi connectivity index (χ1v) is 12.0. The van der Waals surface area contributed by atoms with Gasteiger partial charge in [-0.05, 0) is 76.3 Å². The van der Waals surface area contributed by atoms with E-state index >= 15 is 0 Å². The fourth-order valence-electron chi connectivity index (χ4n) is 4.60. The number of carboxylic acid groups (broad SMARTS) is 1. The second-order valence-corrected chi connectivity index (χ2v) is 10.9. The van der Waals surface area contributed by atoms with Crippen LogP contribution in [-0.2, 0) is 29.1 Å². The van der Waals surface area contributed by atoms with E-state index in [0.717, 1.165) is 18.6 Å². The quantitative estimate of drug-likeness (QED) is 0.550. The third-order valence-corrected chi connectivity index (χ3v) is 7.62. The molecule has 1 amide bonds. The minimum Gasteiger partial charge on any atom is -0.481 e. The van der Waals surface area contributed by atoms with Crippen molar-refractivity contribution in [2.24, 2.45) is 5.41 Å². The maximum atomic E-state index is 13.0. The highest BCUT2D eigenvalue weighted by Crippen LogP contribution is 2.32. The number of carboxylic acids is 1. The van der Waals surface area contributed by atoms with Gasteiger partial charge in [0.15, 0.2) is 0 Å². The molecular weight excluding hydrogens is 422 g/mol. The molecule has 3 aromatic rings. The molecule has 0 saturated heterocycles. The molecule has 0 radical (unpaired) electrons. The average Bonchev–Trinajstić information content (AvgIpc) is 3.24. The Morgan fingerprint density at radius 1 is 1.28 bits per heavy atom. The lowest BCUT2D eigenvalue weighted by atomic mass is 9.87. The van der Waals surface area contributed by atoms with E-state index in [9.17, 15) is 14.7 Å². The number of amides is 1. The Balaban J connectivity index is 1.56. The number of pyridine rings is 1. The molecule has 0 aromatic carbocycles. The first kappa shape index (κ1) is 22.5. The van der Waals surface area contributed by atoms with Gasteiger partial charge in [-0.1, -0.05) is 0 Å². The van der Waals surface area contributed by atoms with Gasteiger partial charge in [-0.2, -0.15) is 0 Å². The van der Waals surface area contributed by atoms with Crippen LogP contribution in [0.3, 0.4) is 0 Å². The third-order valence-electron chi connectivity index (χ3n) is 6.61. The van der Waals surface area contributed by atoms with Crippen molar-refractivity contribution in [3.8, 4) is 0 Å². The number of rotatable bonds is 7. The maximum absolute atomic E-state index is 13.0. The van der Waals surface area contributed by atoms with Crippen molar-refractivity contribution in [1.29, 1.82) is 0 Å². The minimum atomic E-state index is -0.816. The smallest absolute Gasteiger partial charge is 0.309 e. The van der Waals surface area contributed by atoms with Gasteiger partial charge in [0.1, 0.15) is 5.65 Å². The molecule has 0 atom stereocenters. The summed E-state index contributed by atoms with van der Waals surface area (Å²) in [6.45, 7) is 9.75. The van der Waals surface area contributed by atoms with E-state index in [1.54, 1.807) is 13.8 Å². The molecule has 4 heterocycles. The van der Waals surface area contributed by atoms with E-state index in [0.29, 0.717) is 32.4 Å². The van der Waals surface area contributed by atoms with Crippen LogP contribution in [0.25, 0.3) is 11.0 Å². The van der Waals surface area contributed by atoms with Crippen molar-refractivity contribution in [2.45, 2.75) is 66.5 Å². The minimum absolute atomic E-state index is 0.101. The van der Waals surface area contributed by atoms with Gasteiger partial charge >= 0.3 is 5.97 Å². The number of aryl methyl sites for hydroxylation is 2. The van der Waals surface area contributed by atoms with Gasteiger partial charge in [-0.15, -0.1) is 11.3 Å². The second-order valence-electron chi connectivity index (χ2n) is 9.43. The predicted molar refractivity (Wildman–Crippen MR) is 127 cm³/mol. The van der Waals surface area contributed by atoms with Crippen LogP contribution in [0.2, 0.25) is 0 Å². The summed E-state index contributed by atoms with van der Waals surface area (Å²) >= 11 is 1.81. The molecule has 7 heteroatoms. The van der Waals surface area contributed by atoms with Crippen LogP contribution in [0.4, 0.5) is 0 Å². The van der Waals surface area contributed by atoms with Crippen LogP contribution in [0.5, 0.6) is 0 Å². The van der Waals surface area contributed by atoms with Crippen LogP contribution < -0.4 is 0 Å². The summed E-state index contributed by atoms with van der Waals surface area (Å²) < 4.78 is 2.28. The van der Waals surface area contributed by atoms with Gasteiger partial charge in [0.2, 0.25) is 5.91 Å². The maximum Gasteiger partial charge on any atom is 0.309 e. The Hall–Kier alpha value is -2.67. The second kappa shape index (κ2) is 8.70. The molecule has 1 aliphatic rings. The molecule has 6 nitrogen and oxygen atoms in total. The Morgan fingerprint density at radius 2 is 2.06 bits per heavy atom. The standard InChI is InChI=1S/C25H31N3O3S/c1-16-13-18(17(2)32-16)14-28-21-15-27(22(29)8-5-10-25(3,4)24(30)31)12-9-19(21)20-7-6-11-26-23(20)28/h6-7,11,13H,5,8-10,12,14-15H2,1-4H3,(H,30,31). The molecule has 0 saturated carbocycles. The number of carbonyl (C=O) groups excluding carboxylic acids is 1. The molecule has 0 aliphatic carbocycles. The fraction of sp³-hybridized carbons (Fsp3) is 0.480. The molecule has 0 spiro atoms. The number of carbonyl (C=O) groups is 2. The van der Waals surface area contributed by atoms with Gasteiger partial charge in [-0.25, -0.2) is 4.98 Å². The van der Waals surface area contributed by atoms with Crippen molar-refractivity contribution in [3.05, 3.63) is 51.0 Å². The molecule has 0 bridgehead atoms.